The fourth-order valence-electron chi connectivity index (χ4n) is 2.52. The van der Waals surface area contributed by atoms with Gasteiger partial charge in [-0.15, -0.1) is 0 Å². The maximum Gasteiger partial charge on any atom is 0.137 e. The van der Waals surface area contributed by atoms with Crippen molar-refractivity contribution in [3.8, 4) is 0 Å². The zero-order valence-corrected chi connectivity index (χ0v) is 13.5. The van der Waals surface area contributed by atoms with Crippen molar-refractivity contribution in [3.63, 3.8) is 0 Å². The highest BCUT2D eigenvalue weighted by molar-refractivity contribution is 5.61. The lowest BCUT2D eigenvalue weighted by molar-refractivity contribution is 0.489. The second-order valence-electron chi connectivity index (χ2n) is 6.30. The summed E-state index contributed by atoms with van der Waals surface area (Å²) in [6.07, 6.45) is 2.72. The molecule has 2 heterocycles. The van der Waals surface area contributed by atoms with Gasteiger partial charge in [0.15, 0.2) is 0 Å². The average molecular weight is 271 g/mol. The van der Waals surface area contributed by atoms with Gasteiger partial charge in [-0.25, -0.2) is 9.97 Å². The number of rotatable bonds is 3. The van der Waals surface area contributed by atoms with Gasteiger partial charge in [0.1, 0.15) is 12.1 Å². The molecule has 1 aliphatic heterocycles. The van der Waals surface area contributed by atoms with Crippen LogP contribution in [0.25, 0.3) is 0 Å². The first kappa shape index (κ1) is 14.8. The Morgan fingerprint density at radius 1 is 1.30 bits per heavy atom. The second-order valence-corrected chi connectivity index (χ2v) is 6.30. The number of anilines is 1. The Labute approximate surface area is 122 Å². The molecule has 0 N–H and O–H groups in total. The summed E-state index contributed by atoms with van der Waals surface area (Å²) in [4.78, 5) is 11.1. The van der Waals surface area contributed by atoms with E-state index in [1.54, 1.807) is 6.33 Å². The number of hydrogen-bond donors (Lipinski definition) is 0. The highest BCUT2D eigenvalue weighted by Gasteiger charge is 2.30. The lowest BCUT2D eigenvalue weighted by atomic mass is 9.86. The van der Waals surface area contributed by atoms with E-state index in [0.717, 1.165) is 23.6 Å². The Balaban J connectivity index is 2.41. The number of nitrogens with zero attached hydrogens (tertiary/aromatic N) is 3. The minimum Gasteiger partial charge on any atom is -0.320 e. The van der Waals surface area contributed by atoms with Crippen LogP contribution in [0.5, 0.6) is 0 Å². The molecule has 3 heteroatoms. The van der Waals surface area contributed by atoms with Crippen molar-refractivity contribution in [1.82, 2.24) is 9.97 Å². The van der Waals surface area contributed by atoms with E-state index in [9.17, 15) is 0 Å². The zero-order chi connectivity index (χ0) is 15.1. The Morgan fingerprint density at radius 2 is 1.95 bits per heavy atom. The zero-order valence-electron chi connectivity index (χ0n) is 13.5. The van der Waals surface area contributed by atoms with Gasteiger partial charge in [0.2, 0.25) is 0 Å². The SMILES string of the molecule is C=C1C(C)=C(C)[C@H](C)N1c1cc(C(C)(C)CC)ncn1. The first-order chi connectivity index (χ1) is 9.29. The molecular formula is C17H25N3. The van der Waals surface area contributed by atoms with Crippen LogP contribution in [0.2, 0.25) is 0 Å². The molecule has 0 saturated heterocycles. The molecule has 0 unspecified atom stereocenters. The second kappa shape index (κ2) is 5.04. The average Bonchev–Trinajstić information content (AvgIpc) is 2.63. The van der Waals surface area contributed by atoms with Crippen LogP contribution in [-0.2, 0) is 5.41 Å². The minimum atomic E-state index is 0.0690. The van der Waals surface area contributed by atoms with E-state index in [4.69, 9.17) is 0 Å². The summed E-state index contributed by atoms with van der Waals surface area (Å²) in [5, 5.41) is 0. The highest BCUT2D eigenvalue weighted by Crippen LogP contribution is 2.36. The van der Waals surface area contributed by atoms with Crippen molar-refractivity contribution in [2.24, 2.45) is 0 Å². The van der Waals surface area contributed by atoms with Gasteiger partial charge in [0.25, 0.3) is 0 Å². The van der Waals surface area contributed by atoms with E-state index in [0.29, 0.717) is 6.04 Å². The molecule has 0 saturated carbocycles. The molecule has 0 bridgehead atoms. The topological polar surface area (TPSA) is 29.0 Å². The van der Waals surface area contributed by atoms with Crippen LogP contribution in [0.4, 0.5) is 5.82 Å². The van der Waals surface area contributed by atoms with Gasteiger partial charge in [-0.05, 0) is 38.3 Å². The van der Waals surface area contributed by atoms with Crippen molar-refractivity contribution in [1.29, 1.82) is 0 Å². The Bertz CT molecular complexity index is 569. The Hall–Kier alpha value is -1.64. The molecule has 1 aliphatic rings. The molecule has 3 nitrogen and oxygen atoms in total. The molecule has 1 aromatic rings. The third-order valence-electron chi connectivity index (χ3n) is 4.81. The molecule has 0 spiro atoms. The number of hydrogen-bond acceptors (Lipinski definition) is 3. The maximum atomic E-state index is 4.47. The number of allylic oxidation sites excluding steroid dienone is 1. The van der Waals surface area contributed by atoms with Gasteiger partial charge in [-0.2, -0.15) is 0 Å². The van der Waals surface area contributed by atoms with Crippen LogP contribution in [0, 0.1) is 0 Å². The summed E-state index contributed by atoms with van der Waals surface area (Å²) in [6.45, 7) is 17.3. The standard InChI is InChI=1S/C17H25N3/c1-8-17(6,7)15-9-16(19-10-18-15)20-13(4)11(2)12(3)14(20)5/h9-10,14H,4,8H2,1-3,5-7H3/t14-/m0/s1. The summed E-state index contributed by atoms with van der Waals surface area (Å²) >= 11 is 0. The first-order valence-electron chi connectivity index (χ1n) is 7.28. The fraction of sp³-hybridized carbons (Fsp3) is 0.529. The van der Waals surface area contributed by atoms with Gasteiger partial charge in [0, 0.05) is 17.2 Å². The Kier molecular flexibility index (Phi) is 3.72. The van der Waals surface area contributed by atoms with Crippen LogP contribution in [0.1, 0.15) is 53.7 Å². The lowest BCUT2D eigenvalue weighted by Gasteiger charge is -2.28. The van der Waals surface area contributed by atoms with Crippen molar-refractivity contribution in [2.75, 3.05) is 4.90 Å². The molecule has 0 fully saturated rings. The predicted octanol–water partition coefficient (Wildman–Crippen LogP) is 4.22. The van der Waals surface area contributed by atoms with E-state index in [-0.39, 0.29) is 5.41 Å². The smallest absolute Gasteiger partial charge is 0.137 e. The number of aromatic nitrogens is 2. The molecule has 0 aliphatic carbocycles. The van der Waals surface area contributed by atoms with Crippen LogP contribution >= 0.6 is 0 Å². The maximum absolute atomic E-state index is 4.47. The molecule has 0 amide bonds. The summed E-state index contributed by atoms with van der Waals surface area (Å²) in [7, 11) is 0. The monoisotopic (exact) mass is 271 g/mol. The van der Waals surface area contributed by atoms with Crippen molar-refractivity contribution in [3.05, 3.63) is 41.5 Å². The molecule has 1 atom stereocenters. The Morgan fingerprint density at radius 3 is 2.45 bits per heavy atom. The van der Waals surface area contributed by atoms with E-state index < -0.39 is 0 Å². The van der Waals surface area contributed by atoms with Crippen LogP contribution in [-0.4, -0.2) is 16.0 Å². The summed E-state index contributed by atoms with van der Waals surface area (Å²) < 4.78 is 0. The van der Waals surface area contributed by atoms with E-state index in [2.05, 4.69) is 69.1 Å². The third kappa shape index (κ3) is 2.26. The molecule has 0 aromatic carbocycles. The fourth-order valence-corrected chi connectivity index (χ4v) is 2.52. The largest absolute Gasteiger partial charge is 0.320 e. The summed E-state index contributed by atoms with van der Waals surface area (Å²) in [5.74, 6) is 0.949. The van der Waals surface area contributed by atoms with Crippen molar-refractivity contribution >= 4 is 5.82 Å². The molecule has 1 aromatic heterocycles. The molecule has 20 heavy (non-hydrogen) atoms. The quantitative estimate of drug-likeness (QED) is 0.824. The van der Waals surface area contributed by atoms with E-state index >= 15 is 0 Å². The van der Waals surface area contributed by atoms with Crippen molar-refractivity contribution < 1.29 is 0 Å². The highest BCUT2D eigenvalue weighted by atomic mass is 15.2. The molecule has 0 radical (unpaired) electrons. The van der Waals surface area contributed by atoms with Crippen LogP contribution < -0.4 is 4.90 Å². The van der Waals surface area contributed by atoms with E-state index in [1.807, 2.05) is 0 Å². The van der Waals surface area contributed by atoms with Gasteiger partial charge in [-0.3, -0.25) is 0 Å². The lowest BCUT2D eigenvalue weighted by Crippen LogP contribution is -2.29. The normalized spacial score (nSPS) is 20.0. The minimum absolute atomic E-state index is 0.0690. The molecular weight excluding hydrogens is 246 g/mol. The first-order valence-corrected chi connectivity index (χ1v) is 7.28. The van der Waals surface area contributed by atoms with Crippen molar-refractivity contribution in [2.45, 2.75) is 59.4 Å². The summed E-state index contributed by atoms with van der Waals surface area (Å²) in [5.41, 5.74) is 4.85. The van der Waals surface area contributed by atoms with Gasteiger partial charge >= 0.3 is 0 Å². The third-order valence-corrected chi connectivity index (χ3v) is 4.81. The van der Waals surface area contributed by atoms with Gasteiger partial charge in [0.05, 0.1) is 11.7 Å². The molecule has 2 rings (SSSR count). The van der Waals surface area contributed by atoms with E-state index in [1.165, 1.54) is 11.1 Å². The summed E-state index contributed by atoms with van der Waals surface area (Å²) in [6, 6.07) is 2.42. The van der Waals surface area contributed by atoms with Gasteiger partial charge < -0.3 is 4.90 Å². The predicted molar refractivity (Wildman–Crippen MR) is 84.8 cm³/mol. The molecule has 108 valence electrons. The van der Waals surface area contributed by atoms with Crippen LogP contribution in [0.15, 0.2) is 35.8 Å². The van der Waals surface area contributed by atoms with Gasteiger partial charge in [-0.1, -0.05) is 27.4 Å². The van der Waals surface area contributed by atoms with Crippen LogP contribution in [0.3, 0.4) is 0 Å².